The Kier molecular flexibility index (Phi) is 4.37. The number of hydrogen-bond donors (Lipinski definition) is 1. The first-order valence-corrected chi connectivity index (χ1v) is 6.66. The van der Waals surface area contributed by atoms with Crippen LogP contribution in [0, 0.1) is 5.92 Å². The van der Waals surface area contributed by atoms with Gasteiger partial charge in [0.25, 0.3) is 0 Å². The van der Waals surface area contributed by atoms with Crippen LogP contribution in [-0.2, 0) is 11.8 Å². The molecule has 1 fully saturated rings. The van der Waals surface area contributed by atoms with Crippen LogP contribution in [0.5, 0.6) is 0 Å². The smallest absolute Gasteiger partial charge is 0.307 e. The number of likely N-dealkylation sites (tertiary alicyclic amines) is 1. The van der Waals surface area contributed by atoms with Crippen molar-refractivity contribution in [2.24, 2.45) is 13.0 Å². The summed E-state index contributed by atoms with van der Waals surface area (Å²) in [4.78, 5) is 25.0. The molecule has 0 saturated carbocycles. The van der Waals surface area contributed by atoms with E-state index in [1.165, 1.54) is 0 Å². The lowest BCUT2D eigenvalue weighted by Gasteiger charge is -2.30. The van der Waals surface area contributed by atoms with Crippen LogP contribution in [0.15, 0.2) is 18.5 Å². The summed E-state index contributed by atoms with van der Waals surface area (Å²) in [6.07, 6.45) is 5.78. The highest BCUT2D eigenvalue weighted by molar-refractivity contribution is 5.96. The molecule has 0 radical (unpaired) electrons. The number of aryl methyl sites for hydroxylation is 1. The first-order chi connectivity index (χ1) is 9.06. The summed E-state index contributed by atoms with van der Waals surface area (Å²) in [5, 5.41) is 9.02. The predicted molar refractivity (Wildman–Crippen MR) is 71.2 cm³/mol. The highest BCUT2D eigenvalue weighted by Gasteiger charge is 2.25. The minimum Gasteiger partial charge on any atom is -0.481 e. The molecule has 0 aromatic carbocycles. The van der Waals surface area contributed by atoms with Crippen molar-refractivity contribution < 1.29 is 14.7 Å². The van der Waals surface area contributed by atoms with E-state index < -0.39 is 5.97 Å². The van der Waals surface area contributed by atoms with Gasteiger partial charge in [-0.3, -0.25) is 9.59 Å². The largest absolute Gasteiger partial charge is 0.481 e. The Morgan fingerprint density at radius 1 is 1.47 bits per heavy atom. The third kappa shape index (κ3) is 3.67. The van der Waals surface area contributed by atoms with Crippen molar-refractivity contribution in [1.82, 2.24) is 9.47 Å². The number of carboxylic acid groups (broad SMARTS) is 1. The third-order valence-corrected chi connectivity index (χ3v) is 3.66. The molecule has 5 nitrogen and oxygen atoms in total. The van der Waals surface area contributed by atoms with Gasteiger partial charge in [0.2, 0.25) is 0 Å². The van der Waals surface area contributed by atoms with E-state index in [0.29, 0.717) is 19.5 Å². The number of nitrogens with zero attached hydrogens (tertiary/aromatic N) is 2. The van der Waals surface area contributed by atoms with Gasteiger partial charge in [0.05, 0.1) is 5.92 Å². The lowest BCUT2D eigenvalue weighted by molar-refractivity contribution is -0.143. The molecule has 1 aromatic heterocycles. The van der Waals surface area contributed by atoms with E-state index in [4.69, 9.17) is 5.11 Å². The van der Waals surface area contributed by atoms with E-state index in [1.54, 1.807) is 0 Å². The summed E-state index contributed by atoms with van der Waals surface area (Å²) in [5.74, 6) is -0.877. The molecule has 5 heteroatoms. The summed E-state index contributed by atoms with van der Waals surface area (Å²) in [5.41, 5.74) is 0.731. The van der Waals surface area contributed by atoms with Gasteiger partial charge >= 0.3 is 5.97 Å². The van der Waals surface area contributed by atoms with Gasteiger partial charge in [-0.25, -0.2) is 0 Å². The van der Waals surface area contributed by atoms with E-state index in [2.05, 4.69) is 4.90 Å². The zero-order valence-electron chi connectivity index (χ0n) is 11.2. The van der Waals surface area contributed by atoms with Gasteiger partial charge in [0.15, 0.2) is 5.78 Å². The molecular weight excluding hydrogens is 244 g/mol. The number of carboxylic acids is 1. The highest BCUT2D eigenvalue weighted by atomic mass is 16.4. The Bertz CT molecular complexity index is 467. The van der Waals surface area contributed by atoms with Crippen LogP contribution in [0.25, 0.3) is 0 Å². The monoisotopic (exact) mass is 264 g/mol. The first kappa shape index (κ1) is 13.8. The molecular formula is C14H20N2O3. The Balaban J connectivity index is 1.82. The number of ketones is 1. The van der Waals surface area contributed by atoms with Gasteiger partial charge in [-0.2, -0.15) is 0 Å². The number of aliphatic carboxylic acids is 1. The first-order valence-electron chi connectivity index (χ1n) is 6.66. The highest BCUT2D eigenvalue weighted by Crippen LogP contribution is 2.17. The second-order valence-electron chi connectivity index (χ2n) is 5.22. The Labute approximate surface area is 112 Å². The maximum atomic E-state index is 12.0. The predicted octanol–water partition coefficient (Wildman–Crippen LogP) is 1.39. The molecule has 1 saturated heterocycles. The van der Waals surface area contributed by atoms with Crippen LogP contribution in [-0.4, -0.2) is 46.0 Å². The molecule has 0 amide bonds. The number of hydrogen-bond acceptors (Lipinski definition) is 3. The number of carbonyl (C=O) groups excluding carboxylic acids is 1. The minimum absolute atomic E-state index is 0.123. The molecule has 1 atom stereocenters. The number of rotatable bonds is 5. The lowest BCUT2D eigenvalue weighted by Crippen LogP contribution is -2.39. The lowest BCUT2D eigenvalue weighted by atomic mass is 9.98. The van der Waals surface area contributed by atoms with Gasteiger partial charge < -0.3 is 14.6 Å². The summed E-state index contributed by atoms with van der Waals surface area (Å²) >= 11 is 0. The van der Waals surface area contributed by atoms with Gasteiger partial charge in [-0.1, -0.05) is 0 Å². The van der Waals surface area contributed by atoms with Gasteiger partial charge in [-0.15, -0.1) is 0 Å². The molecule has 1 aliphatic heterocycles. The van der Waals surface area contributed by atoms with Crippen LogP contribution in [0.3, 0.4) is 0 Å². The van der Waals surface area contributed by atoms with E-state index in [-0.39, 0.29) is 11.7 Å². The number of carbonyl (C=O) groups is 2. The van der Waals surface area contributed by atoms with Crippen molar-refractivity contribution in [1.29, 1.82) is 0 Å². The summed E-state index contributed by atoms with van der Waals surface area (Å²) in [7, 11) is 1.89. The van der Waals surface area contributed by atoms with Crippen LogP contribution < -0.4 is 0 Å². The maximum Gasteiger partial charge on any atom is 0.307 e. The zero-order chi connectivity index (χ0) is 13.8. The Hall–Kier alpha value is -1.62. The van der Waals surface area contributed by atoms with Crippen molar-refractivity contribution in [2.45, 2.75) is 19.3 Å². The average Bonchev–Trinajstić information content (AvgIpc) is 2.83. The topological polar surface area (TPSA) is 62.5 Å². The van der Waals surface area contributed by atoms with E-state index >= 15 is 0 Å². The van der Waals surface area contributed by atoms with Crippen molar-refractivity contribution in [3.63, 3.8) is 0 Å². The van der Waals surface area contributed by atoms with Crippen molar-refractivity contribution in [3.8, 4) is 0 Å². The molecule has 19 heavy (non-hydrogen) atoms. The summed E-state index contributed by atoms with van der Waals surface area (Å²) in [6.45, 7) is 2.11. The molecule has 1 aromatic rings. The van der Waals surface area contributed by atoms with Crippen LogP contribution >= 0.6 is 0 Å². The molecule has 0 aliphatic carbocycles. The van der Waals surface area contributed by atoms with Crippen LogP contribution in [0.4, 0.5) is 0 Å². The number of piperidine rings is 1. The third-order valence-electron chi connectivity index (χ3n) is 3.66. The fourth-order valence-electron chi connectivity index (χ4n) is 2.53. The van der Waals surface area contributed by atoms with E-state index in [0.717, 1.165) is 24.9 Å². The Morgan fingerprint density at radius 2 is 2.26 bits per heavy atom. The molecule has 0 bridgehead atoms. The second kappa shape index (κ2) is 6.02. The van der Waals surface area contributed by atoms with Gasteiger partial charge in [-0.05, 0) is 25.5 Å². The Morgan fingerprint density at radius 3 is 2.89 bits per heavy atom. The molecule has 2 heterocycles. The van der Waals surface area contributed by atoms with Crippen LogP contribution in [0.1, 0.15) is 29.6 Å². The SMILES string of the molecule is Cn1ccc(C(=O)CCN2CCCC(C(=O)O)C2)c1. The molecule has 2 rings (SSSR count). The molecule has 104 valence electrons. The standard InChI is InChI=1S/C14H20N2O3/c1-15-7-4-11(9-15)13(17)5-8-16-6-2-3-12(10-16)14(18)19/h4,7,9,12H,2-3,5-6,8,10H2,1H3,(H,18,19). The van der Waals surface area contributed by atoms with Gasteiger partial charge in [0.1, 0.15) is 0 Å². The second-order valence-corrected chi connectivity index (χ2v) is 5.22. The molecule has 1 N–H and O–H groups in total. The molecule has 1 aliphatic rings. The number of Topliss-reactive ketones (excluding diaryl/α,β-unsaturated/α-hetero) is 1. The van der Waals surface area contributed by atoms with E-state index in [1.807, 2.05) is 30.1 Å². The van der Waals surface area contributed by atoms with Crippen molar-refractivity contribution in [2.75, 3.05) is 19.6 Å². The fraction of sp³-hybridized carbons (Fsp3) is 0.571. The molecule has 0 spiro atoms. The summed E-state index contributed by atoms with van der Waals surface area (Å²) in [6, 6.07) is 1.82. The van der Waals surface area contributed by atoms with Gasteiger partial charge in [0, 0.05) is 44.5 Å². The van der Waals surface area contributed by atoms with Crippen molar-refractivity contribution >= 4 is 11.8 Å². The minimum atomic E-state index is -0.723. The van der Waals surface area contributed by atoms with Crippen LogP contribution in [0.2, 0.25) is 0 Å². The maximum absolute atomic E-state index is 12.0. The zero-order valence-corrected chi connectivity index (χ0v) is 11.2. The molecule has 1 unspecified atom stereocenters. The normalized spacial score (nSPS) is 20.4. The summed E-state index contributed by atoms with van der Waals surface area (Å²) < 4.78 is 1.86. The quantitative estimate of drug-likeness (QED) is 0.816. The van der Waals surface area contributed by atoms with E-state index in [9.17, 15) is 9.59 Å². The number of aromatic nitrogens is 1. The average molecular weight is 264 g/mol. The fourth-order valence-corrected chi connectivity index (χ4v) is 2.53. The van der Waals surface area contributed by atoms with Crippen molar-refractivity contribution in [3.05, 3.63) is 24.0 Å².